The zero-order chi connectivity index (χ0) is 25.5. The molecule has 0 unspecified atom stereocenters. The molecule has 0 spiro atoms. The monoisotopic (exact) mass is 529 g/mol. The highest BCUT2D eigenvalue weighted by molar-refractivity contribution is 7.09. The molecule has 0 bridgehead atoms. The SMILES string of the molecule is CCOC(=O)C1CCN(C(=O)c2csc(CN(Cc3ccc(F)cc3)Cc3ccc(Cl)cc3)n2)CC1. The molecule has 2 aromatic carbocycles. The van der Waals surface area contributed by atoms with E-state index in [1.807, 2.05) is 24.3 Å². The van der Waals surface area contributed by atoms with Crippen molar-refractivity contribution in [1.82, 2.24) is 14.8 Å². The van der Waals surface area contributed by atoms with Crippen LogP contribution in [-0.2, 0) is 29.2 Å². The van der Waals surface area contributed by atoms with Gasteiger partial charge >= 0.3 is 5.97 Å². The van der Waals surface area contributed by atoms with Crippen molar-refractivity contribution in [3.63, 3.8) is 0 Å². The molecule has 1 aromatic heterocycles. The van der Waals surface area contributed by atoms with Crippen molar-refractivity contribution in [3.8, 4) is 0 Å². The fourth-order valence-corrected chi connectivity index (χ4v) is 5.21. The fourth-order valence-electron chi connectivity index (χ4n) is 4.28. The highest BCUT2D eigenvalue weighted by atomic mass is 35.5. The number of aromatic nitrogens is 1. The molecule has 0 N–H and O–H groups in total. The number of amides is 1. The summed E-state index contributed by atoms with van der Waals surface area (Å²) < 4.78 is 18.5. The quantitative estimate of drug-likeness (QED) is 0.340. The van der Waals surface area contributed by atoms with Gasteiger partial charge < -0.3 is 9.64 Å². The standard InChI is InChI=1S/C27H29ClFN3O3S/c1-2-35-27(34)21-11-13-32(14-12-21)26(33)24-18-36-25(30-24)17-31(15-19-3-7-22(28)8-4-19)16-20-5-9-23(29)10-6-20/h3-10,18,21H,2,11-17H2,1H3. The second-order valence-corrected chi connectivity index (χ2v) is 10.2. The molecule has 4 rings (SSSR count). The Labute approximate surface area is 219 Å². The molecular formula is C27H29ClFN3O3S. The van der Waals surface area contributed by atoms with Gasteiger partial charge in [0, 0.05) is 36.6 Å². The molecule has 0 aliphatic carbocycles. The summed E-state index contributed by atoms with van der Waals surface area (Å²) in [4.78, 5) is 33.6. The minimum atomic E-state index is -0.266. The molecule has 1 fully saturated rings. The van der Waals surface area contributed by atoms with E-state index in [0.717, 1.165) is 16.1 Å². The van der Waals surface area contributed by atoms with E-state index in [1.54, 1.807) is 29.3 Å². The van der Waals surface area contributed by atoms with Crippen molar-refractivity contribution < 1.29 is 18.7 Å². The van der Waals surface area contributed by atoms with E-state index >= 15 is 0 Å². The number of likely N-dealkylation sites (tertiary alicyclic amines) is 1. The fraction of sp³-hybridized carbons (Fsp3) is 0.370. The van der Waals surface area contributed by atoms with Crippen LogP contribution in [0.5, 0.6) is 0 Å². The van der Waals surface area contributed by atoms with Crippen LogP contribution in [0, 0.1) is 11.7 Å². The van der Waals surface area contributed by atoms with E-state index < -0.39 is 0 Å². The number of halogens is 2. The topological polar surface area (TPSA) is 62.7 Å². The lowest BCUT2D eigenvalue weighted by Crippen LogP contribution is -2.40. The summed E-state index contributed by atoms with van der Waals surface area (Å²) in [7, 11) is 0. The summed E-state index contributed by atoms with van der Waals surface area (Å²) in [6.45, 7) is 5.00. The Morgan fingerprint density at radius 3 is 2.28 bits per heavy atom. The predicted octanol–water partition coefficient (Wildman–Crippen LogP) is 5.55. The summed E-state index contributed by atoms with van der Waals surface area (Å²) in [5.41, 5.74) is 2.51. The van der Waals surface area contributed by atoms with Gasteiger partial charge in [-0.1, -0.05) is 35.9 Å². The zero-order valence-electron chi connectivity index (χ0n) is 20.2. The van der Waals surface area contributed by atoms with Gasteiger partial charge in [0.2, 0.25) is 0 Å². The molecule has 0 atom stereocenters. The first-order valence-electron chi connectivity index (χ1n) is 12.0. The number of carbonyl (C=O) groups excluding carboxylic acids is 2. The Bertz CT molecular complexity index is 1110. The van der Waals surface area contributed by atoms with E-state index in [0.29, 0.717) is 62.9 Å². The van der Waals surface area contributed by atoms with Gasteiger partial charge in [0.25, 0.3) is 5.91 Å². The van der Waals surface area contributed by atoms with Crippen molar-refractivity contribution in [3.05, 3.63) is 86.6 Å². The molecule has 6 nitrogen and oxygen atoms in total. The van der Waals surface area contributed by atoms with Crippen molar-refractivity contribution in [2.75, 3.05) is 19.7 Å². The summed E-state index contributed by atoms with van der Waals surface area (Å²) >= 11 is 7.49. The van der Waals surface area contributed by atoms with Crippen LogP contribution in [0.3, 0.4) is 0 Å². The molecule has 1 aliphatic heterocycles. The average molecular weight is 530 g/mol. The summed E-state index contributed by atoms with van der Waals surface area (Å²) in [5, 5.41) is 3.31. The second-order valence-electron chi connectivity index (χ2n) is 8.84. The first-order chi connectivity index (χ1) is 17.4. The summed E-state index contributed by atoms with van der Waals surface area (Å²) in [6, 6.07) is 14.2. The average Bonchev–Trinajstić information content (AvgIpc) is 3.35. The van der Waals surface area contributed by atoms with Crippen molar-refractivity contribution >= 4 is 34.8 Å². The number of nitrogens with zero attached hydrogens (tertiary/aromatic N) is 3. The van der Waals surface area contributed by atoms with E-state index in [4.69, 9.17) is 16.3 Å². The van der Waals surface area contributed by atoms with Crippen molar-refractivity contribution in [2.45, 2.75) is 39.4 Å². The van der Waals surface area contributed by atoms with Gasteiger partial charge in [0.05, 0.1) is 19.1 Å². The number of thiazole rings is 1. The number of benzene rings is 2. The third kappa shape index (κ3) is 7.12. The molecule has 0 radical (unpaired) electrons. The van der Waals surface area contributed by atoms with Crippen LogP contribution in [0.25, 0.3) is 0 Å². The largest absolute Gasteiger partial charge is 0.466 e. The number of hydrogen-bond donors (Lipinski definition) is 0. The summed E-state index contributed by atoms with van der Waals surface area (Å²) in [6.07, 6.45) is 1.21. The van der Waals surface area contributed by atoms with Crippen LogP contribution in [0.4, 0.5) is 4.39 Å². The number of hydrogen-bond acceptors (Lipinski definition) is 6. The molecule has 9 heteroatoms. The maximum Gasteiger partial charge on any atom is 0.309 e. The summed E-state index contributed by atoms with van der Waals surface area (Å²) in [5.74, 6) is -0.699. The molecule has 1 saturated heterocycles. The Kier molecular flexibility index (Phi) is 9.07. The molecule has 190 valence electrons. The van der Waals surface area contributed by atoms with Gasteiger partial charge in [0.1, 0.15) is 16.5 Å². The van der Waals surface area contributed by atoms with Crippen molar-refractivity contribution in [1.29, 1.82) is 0 Å². The smallest absolute Gasteiger partial charge is 0.309 e. The van der Waals surface area contributed by atoms with Crippen LogP contribution >= 0.6 is 22.9 Å². The Morgan fingerprint density at radius 1 is 1.06 bits per heavy atom. The Hall–Kier alpha value is -2.81. The predicted molar refractivity (Wildman–Crippen MR) is 138 cm³/mol. The number of esters is 1. The number of carbonyl (C=O) groups is 2. The van der Waals surface area contributed by atoms with E-state index in [9.17, 15) is 14.0 Å². The minimum Gasteiger partial charge on any atom is -0.466 e. The molecule has 1 aliphatic rings. The number of ether oxygens (including phenoxy) is 1. The maximum absolute atomic E-state index is 13.4. The third-order valence-corrected chi connectivity index (χ3v) is 7.26. The molecule has 36 heavy (non-hydrogen) atoms. The lowest BCUT2D eigenvalue weighted by molar-refractivity contribution is -0.149. The van der Waals surface area contributed by atoms with E-state index in [-0.39, 0.29) is 23.6 Å². The molecule has 3 aromatic rings. The minimum absolute atomic E-state index is 0.109. The molecule has 0 saturated carbocycles. The van der Waals surface area contributed by atoms with Crippen LogP contribution in [0.1, 0.15) is 46.4 Å². The van der Waals surface area contributed by atoms with Gasteiger partial charge in [-0.05, 0) is 55.2 Å². The maximum atomic E-state index is 13.4. The van der Waals surface area contributed by atoms with E-state index in [1.165, 1.54) is 23.5 Å². The van der Waals surface area contributed by atoms with E-state index in [2.05, 4.69) is 9.88 Å². The molecular weight excluding hydrogens is 501 g/mol. The van der Waals surface area contributed by atoms with Crippen LogP contribution in [0.2, 0.25) is 5.02 Å². The normalized spacial score (nSPS) is 14.3. The van der Waals surface area contributed by atoms with Crippen molar-refractivity contribution in [2.24, 2.45) is 5.92 Å². The molecule has 1 amide bonds. The first kappa shape index (κ1) is 26.3. The zero-order valence-corrected chi connectivity index (χ0v) is 21.7. The van der Waals surface area contributed by atoms with Gasteiger partial charge in [-0.2, -0.15) is 0 Å². The van der Waals surface area contributed by atoms with Gasteiger partial charge in [-0.3, -0.25) is 14.5 Å². The van der Waals surface area contributed by atoms with Crippen LogP contribution in [-0.4, -0.2) is 46.4 Å². The van der Waals surface area contributed by atoms with Crippen LogP contribution < -0.4 is 0 Å². The molecule has 2 heterocycles. The number of piperidine rings is 1. The lowest BCUT2D eigenvalue weighted by atomic mass is 9.97. The highest BCUT2D eigenvalue weighted by Crippen LogP contribution is 2.23. The number of rotatable bonds is 9. The first-order valence-corrected chi connectivity index (χ1v) is 13.3. The third-order valence-electron chi connectivity index (χ3n) is 6.17. The Morgan fingerprint density at radius 2 is 1.67 bits per heavy atom. The lowest BCUT2D eigenvalue weighted by Gasteiger charge is -2.30. The van der Waals surface area contributed by atoms with Gasteiger partial charge in [-0.15, -0.1) is 11.3 Å². The second kappa shape index (κ2) is 12.4. The van der Waals surface area contributed by atoms with Gasteiger partial charge in [-0.25, -0.2) is 9.37 Å². The highest BCUT2D eigenvalue weighted by Gasteiger charge is 2.29. The Balaban J connectivity index is 1.41. The van der Waals surface area contributed by atoms with Crippen LogP contribution in [0.15, 0.2) is 53.9 Å². The van der Waals surface area contributed by atoms with Gasteiger partial charge in [0.15, 0.2) is 0 Å².